The minimum absolute atomic E-state index is 0.0673. The largest absolute Gasteiger partial charge is 0.493 e. The van der Waals surface area contributed by atoms with Gasteiger partial charge in [-0.2, -0.15) is 0 Å². The molecular weight excluding hydrogens is 579 g/mol. The first-order valence-electron chi connectivity index (χ1n) is 12.6. The smallest absolute Gasteiger partial charge is 0.223 e. The first kappa shape index (κ1) is 29.7. The Hall–Kier alpha value is -2.29. The van der Waals surface area contributed by atoms with Gasteiger partial charge in [-0.3, -0.25) is 4.79 Å². The van der Waals surface area contributed by atoms with E-state index in [1.165, 1.54) is 4.31 Å². The van der Waals surface area contributed by atoms with Crippen LogP contribution in [0, 0.1) is 5.41 Å². The van der Waals surface area contributed by atoms with Gasteiger partial charge in [0.25, 0.3) is 0 Å². The summed E-state index contributed by atoms with van der Waals surface area (Å²) >= 11 is 18.1. The van der Waals surface area contributed by atoms with Gasteiger partial charge >= 0.3 is 0 Å². The number of benzene rings is 3. The number of rotatable bonds is 10. The molecule has 0 aliphatic carbocycles. The summed E-state index contributed by atoms with van der Waals surface area (Å²) in [6, 6.07) is 21.6. The van der Waals surface area contributed by atoms with Gasteiger partial charge in [-0.25, -0.2) is 12.7 Å². The van der Waals surface area contributed by atoms with Crippen LogP contribution < -0.4 is 4.74 Å². The summed E-state index contributed by atoms with van der Waals surface area (Å²) in [6.45, 7) is 1.21. The van der Waals surface area contributed by atoms with E-state index in [9.17, 15) is 13.2 Å². The van der Waals surface area contributed by atoms with Crippen LogP contribution >= 0.6 is 34.8 Å². The number of sulfonamides is 1. The van der Waals surface area contributed by atoms with Gasteiger partial charge in [0.05, 0.1) is 22.4 Å². The molecule has 1 aliphatic rings. The van der Waals surface area contributed by atoms with Crippen LogP contribution in [0.25, 0.3) is 0 Å². The van der Waals surface area contributed by atoms with E-state index in [0.29, 0.717) is 52.3 Å². The van der Waals surface area contributed by atoms with Crippen LogP contribution in [0.3, 0.4) is 0 Å². The van der Waals surface area contributed by atoms with E-state index in [1.807, 2.05) is 30.3 Å². The third-order valence-electron chi connectivity index (χ3n) is 6.93. The molecule has 0 unspecified atom stereocenters. The second-order valence-electron chi connectivity index (χ2n) is 10.1. The van der Waals surface area contributed by atoms with E-state index in [0.717, 1.165) is 5.56 Å². The normalized spacial score (nSPS) is 18.1. The molecule has 0 N–H and O–H groups in total. The van der Waals surface area contributed by atoms with E-state index in [4.69, 9.17) is 39.5 Å². The fourth-order valence-corrected chi connectivity index (χ4v) is 6.92. The van der Waals surface area contributed by atoms with Gasteiger partial charge < -0.3 is 9.64 Å². The second kappa shape index (κ2) is 12.9. The van der Waals surface area contributed by atoms with Crippen molar-refractivity contribution >= 4 is 50.7 Å². The second-order valence-corrected chi connectivity index (χ2v) is 13.3. The Kier molecular flexibility index (Phi) is 9.83. The summed E-state index contributed by atoms with van der Waals surface area (Å²) in [7, 11) is -1.93. The van der Waals surface area contributed by atoms with Crippen LogP contribution in [0.1, 0.15) is 30.4 Å². The molecule has 1 aliphatic heterocycles. The molecule has 0 radical (unpaired) electrons. The molecule has 1 fully saturated rings. The van der Waals surface area contributed by atoms with Gasteiger partial charge in [0.15, 0.2) is 0 Å². The Morgan fingerprint density at radius 2 is 1.69 bits per heavy atom. The van der Waals surface area contributed by atoms with Crippen LogP contribution in [0.5, 0.6) is 5.75 Å². The maximum Gasteiger partial charge on any atom is 0.223 e. The number of hydrogen-bond acceptors (Lipinski definition) is 4. The van der Waals surface area contributed by atoms with Crippen molar-refractivity contribution in [3.63, 3.8) is 0 Å². The lowest BCUT2D eigenvalue weighted by molar-refractivity contribution is -0.134. The number of halogens is 3. The van der Waals surface area contributed by atoms with Gasteiger partial charge in [0.2, 0.25) is 15.9 Å². The number of amides is 1. The van der Waals surface area contributed by atoms with E-state index < -0.39 is 15.4 Å². The third-order valence-corrected chi connectivity index (χ3v) is 9.71. The average Bonchev–Trinajstić information content (AvgIpc) is 2.91. The molecular formula is C29H31Cl3N2O4S. The zero-order valence-corrected chi connectivity index (χ0v) is 24.7. The number of ether oxygens (including phenoxy) is 1. The summed E-state index contributed by atoms with van der Waals surface area (Å²) in [5.74, 6) is 0.335. The highest BCUT2D eigenvalue weighted by Gasteiger charge is 2.42. The standard InChI is InChI=1S/C29H31Cl3N2O4S/c1-33(18-22-6-3-2-4-7-22)28(35)17-29(21-38-25-11-9-24(30)10-12-25)14-5-15-34(20-29)39(36,37)19-23-8-13-26(31)27(32)16-23/h2-4,6-13,16H,5,14-15,17-21H2,1H3/t29-/m1/s1. The van der Waals surface area contributed by atoms with Crippen molar-refractivity contribution in [1.82, 2.24) is 9.21 Å². The predicted octanol–water partition coefficient (Wildman–Crippen LogP) is 6.69. The first-order chi connectivity index (χ1) is 18.6. The molecule has 1 saturated heterocycles. The fourth-order valence-electron chi connectivity index (χ4n) is 4.81. The molecule has 0 bridgehead atoms. The molecule has 1 heterocycles. The van der Waals surface area contributed by atoms with E-state index >= 15 is 0 Å². The average molecular weight is 610 g/mol. The van der Waals surface area contributed by atoms with Gasteiger partial charge in [-0.05, 0) is 60.4 Å². The molecule has 39 heavy (non-hydrogen) atoms. The highest BCUT2D eigenvalue weighted by atomic mass is 35.5. The van der Waals surface area contributed by atoms with Crippen molar-refractivity contribution in [3.8, 4) is 5.75 Å². The number of nitrogens with zero attached hydrogens (tertiary/aromatic N) is 2. The minimum Gasteiger partial charge on any atom is -0.493 e. The van der Waals surface area contributed by atoms with Gasteiger partial charge in [-0.15, -0.1) is 0 Å². The maximum atomic E-state index is 13.5. The summed E-state index contributed by atoms with van der Waals surface area (Å²) in [4.78, 5) is 15.1. The third kappa shape index (κ3) is 8.12. The van der Waals surface area contributed by atoms with Crippen molar-refractivity contribution in [2.45, 2.75) is 31.6 Å². The summed E-state index contributed by atoms with van der Waals surface area (Å²) in [6.07, 6.45) is 1.42. The molecule has 0 aromatic heterocycles. The lowest BCUT2D eigenvalue weighted by Crippen LogP contribution is -2.50. The fraction of sp³-hybridized carbons (Fsp3) is 0.345. The number of carbonyl (C=O) groups excluding carboxylic acids is 1. The highest BCUT2D eigenvalue weighted by molar-refractivity contribution is 7.88. The van der Waals surface area contributed by atoms with Gasteiger partial charge in [0.1, 0.15) is 5.75 Å². The molecule has 1 atom stereocenters. The summed E-state index contributed by atoms with van der Waals surface area (Å²) in [5, 5.41) is 1.26. The topological polar surface area (TPSA) is 66.9 Å². The minimum atomic E-state index is -3.70. The van der Waals surface area contributed by atoms with Crippen LogP contribution in [0.2, 0.25) is 15.1 Å². The van der Waals surface area contributed by atoms with Gasteiger partial charge in [0, 0.05) is 43.5 Å². The number of carbonyl (C=O) groups is 1. The Morgan fingerprint density at radius 1 is 0.974 bits per heavy atom. The molecule has 208 valence electrons. The zero-order valence-electron chi connectivity index (χ0n) is 21.7. The highest BCUT2D eigenvalue weighted by Crippen LogP contribution is 2.37. The van der Waals surface area contributed by atoms with Crippen LogP contribution in [0.4, 0.5) is 0 Å². The molecule has 3 aromatic rings. The van der Waals surface area contributed by atoms with Crippen molar-refractivity contribution < 1.29 is 17.9 Å². The van der Waals surface area contributed by atoms with Crippen LogP contribution in [0.15, 0.2) is 72.8 Å². The number of hydrogen-bond donors (Lipinski definition) is 0. The number of piperidine rings is 1. The Labute approximate surface area is 245 Å². The molecule has 0 saturated carbocycles. The lowest BCUT2D eigenvalue weighted by Gasteiger charge is -2.42. The maximum absolute atomic E-state index is 13.5. The molecule has 6 nitrogen and oxygen atoms in total. The zero-order chi connectivity index (χ0) is 28.0. The Balaban J connectivity index is 1.54. The predicted molar refractivity (Wildman–Crippen MR) is 157 cm³/mol. The van der Waals surface area contributed by atoms with Crippen LogP contribution in [-0.4, -0.2) is 50.3 Å². The molecule has 4 rings (SSSR count). The van der Waals surface area contributed by atoms with E-state index in [2.05, 4.69) is 0 Å². The first-order valence-corrected chi connectivity index (χ1v) is 15.4. The monoisotopic (exact) mass is 608 g/mol. The van der Waals surface area contributed by atoms with Gasteiger partial charge in [-0.1, -0.05) is 71.2 Å². The van der Waals surface area contributed by atoms with Crippen LogP contribution in [-0.2, 0) is 27.1 Å². The molecule has 3 aromatic carbocycles. The quantitative estimate of drug-likeness (QED) is 0.257. The van der Waals surface area contributed by atoms with E-state index in [-0.39, 0.29) is 31.2 Å². The van der Waals surface area contributed by atoms with Crippen molar-refractivity contribution in [2.24, 2.45) is 5.41 Å². The molecule has 1 amide bonds. The Bertz CT molecular complexity index is 1390. The molecule has 10 heteroatoms. The summed E-state index contributed by atoms with van der Waals surface area (Å²) < 4.78 is 34.6. The lowest BCUT2D eigenvalue weighted by atomic mass is 9.78. The SMILES string of the molecule is CN(Cc1ccccc1)C(=O)C[C@]1(COc2ccc(Cl)cc2)CCCN(S(=O)(=O)Cc2ccc(Cl)c(Cl)c2)C1. The summed E-state index contributed by atoms with van der Waals surface area (Å²) in [5.41, 5.74) is 0.871. The Morgan fingerprint density at radius 3 is 2.38 bits per heavy atom. The van der Waals surface area contributed by atoms with E-state index in [1.54, 1.807) is 54.4 Å². The van der Waals surface area contributed by atoms with Crippen molar-refractivity contribution in [3.05, 3.63) is 99.0 Å². The molecule has 0 spiro atoms. The van der Waals surface area contributed by atoms with Crippen molar-refractivity contribution in [1.29, 1.82) is 0 Å². The van der Waals surface area contributed by atoms with Crippen molar-refractivity contribution in [2.75, 3.05) is 26.7 Å².